The number of imidazole rings is 1. The van der Waals surface area contributed by atoms with E-state index in [0.29, 0.717) is 12.2 Å². The molecule has 2 N–H and O–H groups in total. The van der Waals surface area contributed by atoms with Crippen LogP contribution in [0.4, 0.5) is 10.7 Å². The normalized spacial score (nSPS) is 18.7. The Morgan fingerprint density at radius 2 is 2.32 bits per heavy atom. The summed E-state index contributed by atoms with van der Waals surface area (Å²) in [5.74, 6) is 0.794. The first-order valence-corrected chi connectivity index (χ1v) is 7.46. The molecule has 1 unspecified atom stereocenters. The fourth-order valence-corrected chi connectivity index (χ4v) is 2.53. The Morgan fingerprint density at radius 1 is 1.50 bits per heavy atom. The van der Waals surface area contributed by atoms with Gasteiger partial charge in [-0.15, -0.1) is 0 Å². The summed E-state index contributed by atoms with van der Waals surface area (Å²) < 4.78 is 5.29. The summed E-state index contributed by atoms with van der Waals surface area (Å²) in [7, 11) is 0. The molecule has 22 heavy (non-hydrogen) atoms. The topological polar surface area (TPSA) is 83.1 Å². The lowest BCUT2D eigenvalue weighted by Gasteiger charge is -2.22. The number of pyridine rings is 1. The van der Waals surface area contributed by atoms with Gasteiger partial charge in [0.25, 0.3) is 0 Å². The molecule has 3 heterocycles. The van der Waals surface area contributed by atoms with Crippen LogP contribution < -0.4 is 10.2 Å². The average molecular weight is 303 g/mol. The van der Waals surface area contributed by atoms with Crippen LogP contribution in [0.2, 0.25) is 0 Å². The summed E-state index contributed by atoms with van der Waals surface area (Å²) in [6.07, 6.45) is 2.22. The third-order valence-corrected chi connectivity index (χ3v) is 3.45. The van der Waals surface area contributed by atoms with Crippen molar-refractivity contribution in [1.82, 2.24) is 20.3 Å². The molecule has 0 saturated carbocycles. The number of ether oxygens (including phenoxy) is 1. The van der Waals surface area contributed by atoms with Gasteiger partial charge in [0.05, 0.1) is 11.6 Å². The average Bonchev–Trinajstić information content (AvgIpc) is 3.01. The molecule has 1 aliphatic heterocycles. The maximum absolute atomic E-state index is 11.8. The zero-order valence-corrected chi connectivity index (χ0v) is 13.1. The van der Waals surface area contributed by atoms with Gasteiger partial charge in [0, 0.05) is 19.3 Å². The number of aromatic nitrogens is 3. The predicted molar refractivity (Wildman–Crippen MR) is 83.9 cm³/mol. The maximum Gasteiger partial charge on any atom is 0.407 e. The van der Waals surface area contributed by atoms with Gasteiger partial charge >= 0.3 is 6.09 Å². The van der Waals surface area contributed by atoms with Gasteiger partial charge in [-0.2, -0.15) is 4.98 Å². The van der Waals surface area contributed by atoms with Crippen LogP contribution in [0.1, 0.15) is 27.2 Å². The predicted octanol–water partition coefficient (Wildman–Crippen LogP) is 2.06. The van der Waals surface area contributed by atoms with E-state index in [2.05, 4.69) is 25.2 Å². The van der Waals surface area contributed by atoms with Crippen molar-refractivity contribution in [2.45, 2.75) is 38.8 Å². The molecular weight excluding hydrogens is 282 g/mol. The molecule has 1 saturated heterocycles. The lowest BCUT2D eigenvalue weighted by atomic mass is 10.2. The molecule has 1 aliphatic rings. The van der Waals surface area contributed by atoms with Gasteiger partial charge in [-0.25, -0.2) is 9.78 Å². The highest BCUT2D eigenvalue weighted by Gasteiger charge is 2.27. The number of hydrogen-bond donors (Lipinski definition) is 2. The molecule has 3 rings (SSSR count). The Balaban J connectivity index is 1.61. The SMILES string of the molecule is CC(C)(C)OC(=O)NC1CCN(c2nc3ncccc3[nH]2)C1. The fourth-order valence-electron chi connectivity index (χ4n) is 2.53. The van der Waals surface area contributed by atoms with Crippen LogP contribution in [0.15, 0.2) is 18.3 Å². The summed E-state index contributed by atoms with van der Waals surface area (Å²) in [4.78, 5) is 25.9. The molecule has 118 valence electrons. The minimum atomic E-state index is -0.479. The van der Waals surface area contributed by atoms with Crippen molar-refractivity contribution < 1.29 is 9.53 Å². The van der Waals surface area contributed by atoms with Crippen molar-refractivity contribution in [3.05, 3.63) is 18.3 Å². The van der Waals surface area contributed by atoms with Crippen molar-refractivity contribution in [3.8, 4) is 0 Å². The number of nitrogens with zero attached hydrogens (tertiary/aromatic N) is 3. The number of aromatic amines is 1. The molecule has 1 amide bonds. The van der Waals surface area contributed by atoms with Crippen LogP contribution in [0.5, 0.6) is 0 Å². The third kappa shape index (κ3) is 3.29. The summed E-state index contributed by atoms with van der Waals surface area (Å²) in [6.45, 7) is 7.11. The zero-order chi connectivity index (χ0) is 15.7. The Kier molecular flexibility index (Phi) is 3.64. The fraction of sp³-hybridized carbons (Fsp3) is 0.533. The molecule has 0 radical (unpaired) electrons. The minimum Gasteiger partial charge on any atom is -0.444 e. The summed E-state index contributed by atoms with van der Waals surface area (Å²) in [5, 5.41) is 2.91. The molecule has 0 spiro atoms. The number of anilines is 1. The number of H-pyrrole nitrogens is 1. The first-order chi connectivity index (χ1) is 10.4. The third-order valence-electron chi connectivity index (χ3n) is 3.45. The van der Waals surface area contributed by atoms with Crippen molar-refractivity contribution in [3.63, 3.8) is 0 Å². The molecule has 7 heteroatoms. The van der Waals surface area contributed by atoms with E-state index >= 15 is 0 Å². The largest absolute Gasteiger partial charge is 0.444 e. The molecule has 2 aromatic rings. The standard InChI is InChI=1S/C15H21N5O2/c1-15(2,3)22-14(21)17-10-6-8-20(9-10)13-18-11-5-4-7-16-12(11)19-13/h4-5,7,10H,6,8-9H2,1-3H3,(H,17,21)(H,16,18,19). The second-order valence-corrected chi connectivity index (χ2v) is 6.51. The Bertz CT molecular complexity index is 643. The van der Waals surface area contributed by atoms with E-state index in [4.69, 9.17) is 4.74 Å². The number of carbonyl (C=O) groups excluding carboxylic acids is 1. The van der Waals surface area contributed by atoms with Crippen molar-refractivity contribution in [2.75, 3.05) is 18.0 Å². The second-order valence-electron chi connectivity index (χ2n) is 6.51. The summed E-state index contributed by atoms with van der Waals surface area (Å²) in [6, 6.07) is 3.89. The highest BCUT2D eigenvalue weighted by atomic mass is 16.6. The van der Waals surface area contributed by atoms with E-state index in [1.54, 1.807) is 6.20 Å². The van der Waals surface area contributed by atoms with Gasteiger partial charge in [0.2, 0.25) is 5.95 Å². The van der Waals surface area contributed by atoms with Crippen LogP contribution in [0.3, 0.4) is 0 Å². The van der Waals surface area contributed by atoms with E-state index in [1.807, 2.05) is 32.9 Å². The first-order valence-electron chi connectivity index (χ1n) is 7.46. The number of nitrogens with one attached hydrogen (secondary N) is 2. The Morgan fingerprint density at radius 3 is 3.05 bits per heavy atom. The smallest absolute Gasteiger partial charge is 0.407 e. The van der Waals surface area contributed by atoms with Gasteiger partial charge in [-0.3, -0.25) is 0 Å². The molecule has 1 atom stereocenters. The summed E-state index contributed by atoms with van der Waals surface area (Å²) in [5.41, 5.74) is 1.15. The zero-order valence-electron chi connectivity index (χ0n) is 13.1. The van der Waals surface area contributed by atoms with Gasteiger partial charge < -0.3 is 19.9 Å². The monoisotopic (exact) mass is 303 g/mol. The highest BCUT2D eigenvalue weighted by Crippen LogP contribution is 2.20. The number of amides is 1. The van der Waals surface area contributed by atoms with Gasteiger partial charge in [-0.05, 0) is 39.3 Å². The number of alkyl carbamates (subject to hydrolysis) is 1. The van der Waals surface area contributed by atoms with Crippen LogP contribution in [0, 0.1) is 0 Å². The van der Waals surface area contributed by atoms with E-state index in [1.165, 1.54) is 0 Å². The summed E-state index contributed by atoms with van der Waals surface area (Å²) >= 11 is 0. The molecule has 0 aliphatic carbocycles. The van der Waals surface area contributed by atoms with E-state index in [9.17, 15) is 4.79 Å². The molecule has 0 bridgehead atoms. The van der Waals surface area contributed by atoms with Crippen molar-refractivity contribution >= 4 is 23.2 Å². The van der Waals surface area contributed by atoms with Gasteiger partial charge in [0.15, 0.2) is 5.65 Å². The molecule has 2 aromatic heterocycles. The number of hydrogen-bond acceptors (Lipinski definition) is 5. The van der Waals surface area contributed by atoms with Gasteiger partial charge in [-0.1, -0.05) is 0 Å². The van der Waals surface area contributed by atoms with E-state index in [0.717, 1.165) is 24.4 Å². The molecule has 7 nitrogen and oxygen atoms in total. The van der Waals surface area contributed by atoms with E-state index in [-0.39, 0.29) is 12.1 Å². The van der Waals surface area contributed by atoms with Gasteiger partial charge in [0.1, 0.15) is 5.60 Å². The van der Waals surface area contributed by atoms with Crippen LogP contribution in [0.25, 0.3) is 11.2 Å². The van der Waals surface area contributed by atoms with Crippen molar-refractivity contribution in [1.29, 1.82) is 0 Å². The lowest BCUT2D eigenvalue weighted by Crippen LogP contribution is -2.40. The number of rotatable bonds is 2. The van der Waals surface area contributed by atoms with Crippen molar-refractivity contribution in [2.24, 2.45) is 0 Å². The highest BCUT2D eigenvalue weighted by molar-refractivity contribution is 5.73. The second kappa shape index (κ2) is 5.47. The van der Waals surface area contributed by atoms with Crippen LogP contribution >= 0.6 is 0 Å². The number of fused-ring (bicyclic) bond motifs is 1. The molecule has 0 aromatic carbocycles. The first kappa shape index (κ1) is 14.6. The quantitative estimate of drug-likeness (QED) is 0.887. The minimum absolute atomic E-state index is 0.0658. The molecule has 1 fully saturated rings. The van der Waals surface area contributed by atoms with E-state index < -0.39 is 5.60 Å². The Hall–Kier alpha value is -2.31. The lowest BCUT2D eigenvalue weighted by molar-refractivity contribution is 0.0509. The maximum atomic E-state index is 11.8. The van der Waals surface area contributed by atoms with Crippen LogP contribution in [-0.4, -0.2) is 45.8 Å². The van der Waals surface area contributed by atoms with Crippen LogP contribution in [-0.2, 0) is 4.74 Å². The Labute approximate surface area is 129 Å². The number of carbonyl (C=O) groups is 1. The molecular formula is C15H21N5O2.